The maximum atomic E-state index is 13.1. The second-order valence-corrected chi connectivity index (χ2v) is 8.93. The number of esters is 1. The number of amides is 1. The van der Waals surface area contributed by atoms with E-state index in [9.17, 15) is 9.59 Å². The Morgan fingerprint density at radius 2 is 1.94 bits per heavy atom. The number of benzene rings is 2. The third-order valence-electron chi connectivity index (χ3n) is 4.89. The van der Waals surface area contributed by atoms with Crippen molar-refractivity contribution in [2.45, 2.75) is 20.8 Å². The van der Waals surface area contributed by atoms with E-state index < -0.39 is 11.9 Å². The van der Waals surface area contributed by atoms with Crippen LogP contribution in [0.1, 0.15) is 40.3 Å². The van der Waals surface area contributed by atoms with Gasteiger partial charge in [0, 0.05) is 5.56 Å². The van der Waals surface area contributed by atoms with Crippen molar-refractivity contribution < 1.29 is 23.5 Å². The van der Waals surface area contributed by atoms with Gasteiger partial charge in [0.15, 0.2) is 0 Å². The summed E-state index contributed by atoms with van der Waals surface area (Å²) in [4.78, 5) is 30.3. The molecule has 0 saturated heterocycles. The van der Waals surface area contributed by atoms with Gasteiger partial charge in [-0.05, 0) is 43.2 Å². The summed E-state index contributed by atoms with van der Waals surface area (Å²) < 4.78 is 17.5. The predicted octanol–water partition coefficient (Wildman–Crippen LogP) is 5.94. The number of thiazole rings is 1. The van der Waals surface area contributed by atoms with E-state index in [1.807, 2.05) is 24.3 Å². The van der Waals surface area contributed by atoms with E-state index in [1.54, 1.807) is 31.2 Å². The highest BCUT2D eigenvalue weighted by Crippen LogP contribution is 2.40. The van der Waals surface area contributed by atoms with Crippen molar-refractivity contribution in [3.05, 3.63) is 65.4 Å². The number of furan rings is 1. The number of nitrogens with zero attached hydrogens (tertiary/aromatic N) is 1. The molecule has 4 rings (SSSR count). The Hall–Kier alpha value is -3.65. The Kier molecular flexibility index (Phi) is 6.46. The van der Waals surface area contributed by atoms with Gasteiger partial charge in [-0.1, -0.05) is 32.0 Å². The fraction of sp³-hybridized carbons (Fsp3) is 0.240. The van der Waals surface area contributed by atoms with Gasteiger partial charge in [0.2, 0.25) is 5.88 Å². The molecule has 0 unspecified atom stereocenters. The zero-order valence-corrected chi connectivity index (χ0v) is 19.6. The minimum Gasteiger partial charge on any atom is -0.493 e. The quantitative estimate of drug-likeness (QED) is 0.341. The average Bonchev–Trinajstić information content (AvgIpc) is 3.37. The van der Waals surface area contributed by atoms with Crippen molar-refractivity contribution >= 4 is 39.3 Å². The number of methoxy groups -OCH3 is 1. The van der Waals surface area contributed by atoms with Crippen LogP contribution >= 0.6 is 11.3 Å². The maximum Gasteiger partial charge on any atom is 0.342 e. The Balaban J connectivity index is 1.72. The number of anilines is 1. The van der Waals surface area contributed by atoms with Crippen molar-refractivity contribution in [2.75, 3.05) is 19.0 Å². The van der Waals surface area contributed by atoms with E-state index in [2.05, 4.69) is 24.1 Å². The summed E-state index contributed by atoms with van der Waals surface area (Å²) in [5.74, 6) is 0.494. The van der Waals surface area contributed by atoms with Crippen LogP contribution in [0.15, 0.2) is 52.9 Å². The molecule has 1 N–H and O–H groups in total. The number of carbonyl (C=O) groups excluding carboxylic acids is 2. The van der Waals surface area contributed by atoms with Gasteiger partial charge in [-0.25, -0.2) is 9.78 Å². The topological polar surface area (TPSA) is 90.7 Å². The maximum absolute atomic E-state index is 13.1. The summed E-state index contributed by atoms with van der Waals surface area (Å²) in [7, 11) is 1.30. The number of hydrogen-bond acceptors (Lipinski definition) is 7. The lowest BCUT2D eigenvalue weighted by atomic mass is 10.1. The molecule has 0 aliphatic carbocycles. The van der Waals surface area contributed by atoms with E-state index in [1.165, 1.54) is 18.4 Å². The number of hydrogen-bond donors (Lipinski definition) is 1. The molecule has 2 heterocycles. The summed E-state index contributed by atoms with van der Waals surface area (Å²) in [6, 6.07) is 14.6. The lowest BCUT2D eigenvalue weighted by Gasteiger charge is -2.10. The first kappa shape index (κ1) is 22.5. The molecule has 0 bridgehead atoms. The number of fused-ring (bicyclic) bond motifs is 1. The number of para-hydroxylation sites is 1. The highest BCUT2D eigenvalue weighted by Gasteiger charge is 2.29. The van der Waals surface area contributed by atoms with Gasteiger partial charge in [0.25, 0.3) is 5.91 Å². The third-order valence-corrected chi connectivity index (χ3v) is 5.94. The molecule has 4 aromatic rings. The lowest BCUT2D eigenvalue weighted by molar-refractivity contribution is 0.0599. The van der Waals surface area contributed by atoms with Gasteiger partial charge in [0.05, 0.1) is 29.5 Å². The fourth-order valence-electron chi connectivity index (χ4n) is 3.33. The molecule has 0 saturated carbocycles. The lowest BCUT2D eigenvalue weighted by Crippen LogP contribution is -2.13. The summed E-state index contributed by atoms with van der Waals surface area (Å²) in [5.41, 5.74) is 1.83. The van der Waals surface area contributed by atoms with E-state index in [4.69, 9.17) is 13.9 Å². The molecule has 8 heteroatoms. The number of aryl methyl sites for hydroxylation is 1. The highest BCUT2D eigenvalue weighted by atomic mass is 32.1. The van der Waals surface area contributed by atoms with Crippen LogP contribution in [0.2, 0.25) is 0 Å². The molecule has 0 fully saturated rings. The molecule has 0 radical (unpaired) electrons. The van der Waals surface area contributed by atoms with Gasteiger partial charge in [-0.2, -0.15) is 0 Å². The summed E-state index contributed by atoms with van der Waals surface area (Å²) >= 11 is 1.40. The highest BCUT2D eigenvalue weighted by molar-refractivity contribution is 7.21. The second kappa shape index (κ2) is 9.46. The van der Waals surface area contributed by atoms with Gasteiger partial charge >= 0.3 is 5.97 Å². The van der Waals surface area contributed by atoms with E-state index >= 15 is 0 Å². The van der Waals surface area contributed by atoms with Gasteiger partial charge in [-0.3, -0.25) is 10.1 Å². The summed E-state index contributed by atoms with van der Waals surface area (Å²) in [6.45, 7) is 6.31. The molecular formula is C25H24N2O5S. The van der Waals surface area contributed by atoms with E-state index in [-0.39, 0.29) is 11.4 Å². The molecule has 33 heavy (non-hydrogen) atoms. The zero-order valence-electron chi connectivity index (χ0n) is 18.8. The minimum atomic E-state index is -0.560. The van der Waals surface area contributed by atoms with Crippen molar-refractivity contribution in [1.82, 2.24) is 4.98 Å². The van der Waals surface area contributed by atoms with Gasteiger partial charge < -0.3 is 13.9 Å². The van der Waals surface area contributed by atoms with Gasteiger partial charge in [0.1, 0.15) is 22.1 Å². The first-order valence-electron chi connectivity index (χ1n) is 10.5. The number of carbonyl (C=O) groups is 2. The summed E-state index contributed by atoms with van der Waals surface area (Å²) in [6.07, 6.45) is 0. The standard InChI is InChI=1S/C25H24N2O5S/c1-14(2)13-31-17-9-7-8-16(12-17)22(28)27-23-21(20(15(3)32-23)25(29)30-4)24-26-18-10-5-6-11-19(18)33-24/h5-12,14H,13H2,1-4H3,(H,27,28). The Labute approximate surface area is 195 Å². The van der Waals surface area contributed by atoms with Crippen molar-refractivity contribution in [1.29, 1.82) is 0 Å². The number of ether oxygens (including phenoxy) is 2. The smallest absolute Gasteiger partial charge is 0.342 e. The largest absolute Gasteiger partial charge is 0.493 e. The average molecular weight is 465 g/mol. The molecule has 0 spiro atoms. The zero-order chi connectivity index (χ0) is 23.5. The van der Waals surface area contributed by atoms with Crippen LogP contribution in [0.25, 0.3) is 20.8 Å². The fourth-order valence-corrected chi connectivity index (χ4v) is 4.34. The molecule has 2 aromatic heterocycles. The number of nitrogens with one attached hydrogen (secondary N) is 1. The predicted molar refractivity (Wildman–Crippen MR) is 128 cm³/mol. The minimum absolute atomic E-state index is 0.144. The second-order valence-electron chi connectivity index (χ2n) is 7.90. The SMILES string of the molecule is COC(=O)c1c(C)oc(NC(=O)c2cccc(OCC(C)C)c2)c1-c1nc2ccccc2s1. The molecule has 1 amide bonds. The molecular weight excluding hydrogens is 440 g/mol. The van der Waals surface area contributed by atoms with Crippen LogP contribution in [-0.4, -0.2) is 30.6 Å². The normalized spacial score (nSPS) is 11.1. The van der Waals surface area contributed by atoms with E-state index in [0.29, 0.717) is 40.2 Å². The van der Waals surface area contributed by atoms with Crippen LogP contribution in [-0.2, 0) is 4.74 Å². The van der Waals surface area contributed by atoms with Crippen molar-refractivity contribution in [2.24, 2.45) is 5.92 Å². The molecule has 0 aliphatic heterocycles. The van der Waals surface area contributed by atoms with E-state index in [0.717, 1.165) is 10.2 Å². The molecule has 0 aliphatic rings. The Morgan fingerprint density at radius 1 is 1.15 bits per heavy atom. The van der Waals surface area contributed by atoms with Crippen LogP contribution in [0.4, 0.5) is 5.88 Å². The Bertz CT molecular complexity index is 1290. The van der Waals surface area contributed by atoms with Crippen LogP contribution in [0.3, 0.4) is 0 Å². The third kappa shape index (κ3) is 4.75. The van der Waals surface area contributed by atoms with Gasteiger partial charge in [-0.15, -0.1) is 11.3 Å². The van der Waals surface area contributed by atoms with Crippen LogP contribution < -0.4 is 10.1 Å². The first-order valence-corrected chi connectivity index (χ1v) is 11.3. The van der Waals surface area contributed by atoms with Crippen molar-refractivity contribution in [3.8, 4) is 16.3 Å². The van der Waals surface area contributed by atoms with Crippen LogP contribution in [0, 0.1) is 12.8 Å². The monoisotopic (exact) mass is 464 g/mol. The van der Waals surface area contributed by atoms with Crippen molar-refractivity contribution in [3.63, 3.8) is 0 Å². The molecule has 0 atom stereocenters. The van der Waals surface area contributed by atoms with Crippen LogP contribution in [0.5, 0.6) is 5.75 Å². The molecule has 170 valence electrons. The Morgan fingerprint density at radius 3 is 2.67 bits per heavy atom. The molecule has 7 nitrogen and oxygen atoms in total. The number of aromatic nitrogens is 1. The number of rotatable bonds is 7. The summed E-state index contributed by atoms with van der Waals surface area (Å²) in [5, 5.41) is 3.35. The molecule has 2 aromatic carbocycles. The first-order chi connectivity index (χ1) is 15.9.